The van der Waals surface area contributed by atoms with E-state index in [9.17, 15) is 0 Å². The van der Waals surface area contributed by atoms with Crippen molar-refractivity contribution < 1.29 is 0 Å². The van der Waals surface area contributed by atoms with E-state index in [0.29, 0.717) is 0 Å². The summed E-state index contributed by atoms with van der Waals surface area (Å²) in [4.78, 5) is 17.6. The van der Waals surface area contributed by atoms with Crippen LogP contribution in [-0.4, -0.2) is 19.9 Å². The summed E-state index contributed by atoms with van der Waals surface area (Å²) in [5.41, 5.74) is 5.53. The molecule has 0 saturated carbocycles. The van der Waals surface area contributed by atoms with Gasteiger partial charge in [-0.05, 0) is 48.0 Å². The molecule has 0 aliphatic heterocycles. The van der Waals surface area contributed by atoms with Crippen LogP contribution in [0.1, 0.15) is 0 Å². The van der Waals surface area contributed by atoms with E-state index in [2.05, 4.69) is 26.0 Å². The van der Waals surface area contributed by atoms with Crippen LogP contribution in [0.5, 0.6) is 0 Å². The lowest BCUT2D eigenvalue weighted by atomic mass is 10.1. The molecule has 0 spiro atoms. The largest absolute Gasteiger partial charge is 0.255 e. The van der Waals surface area contributed by atoms with Crippen LogP contribution in [0.25, 0.3) is 33.9 Å². The predicted molar refractivity (Wildman–Crippen MR) is 93.9 cm³/mol. The first-order chi connectivity index (χ1) is 11.9. The van der Waals surface area contributed by atoms with Gasteiger partial charge in [-0.3, -0.25) is 19.9 Å². The molecule has 4 heteroatoms. The van der Waals surface area contributed by atoms with Crippen LogP contribution in [0.3, 0.4) is 0 Å². The first kappa shape index (κ1) is 14.2. The molecule has 0 saturated heterocycles. The van der Waals surface area contributed by atoms with E-state index >= 15 is 0 Å². The molecule has 0 unspecified atom stereocenters. The average Bonchev–Trinajstić information content (AvgIpc) is 2.70. The summed E-state index contributed by atoms with van der Waals surface area (Å²) in [6.07, 6.45) is 7.20. The van der Waals surface area contributed by atoms with Crippen LogP contribution < -0.4 is 0 Å². The summed E-state index contributed by atoms with van der Waals surface area (Å²) in [6, 6.07) is 19.7. The summed E-state index contributed by atoms with van der Waals surface area (Å²) >= 11 is 0. The zero-order chi connectivity index (χ0) is 16.2. The van der Waals surface area contributed by atoms with Gasteiger partial charge in [0.1, 0.15) is 0 Å². The van der Waals surface area contributed by atoms with E-state index < -0.39 is 0 Å². The first-order valence-electron chi connectivity index (χ1n) is 7.65. The van der Waals surface area contributed by atoms with Crippen molar-refractivity contribution in [2.75, 3.05) is 0 Å². The van der Waals surface area contributed by atoms with Crippen LogP contribution in [0.15, 0.2) is 85.5 Å². The number of rotatable bonds is 3. The Kier molecular flexibility index (Phi) is 3.78. The number of hydrogen-bond donors (Lipinski definition) is 0. The molecule has 0 N–H and O–H groups in total. The molecule has 4 heterocycles. The smallest absolute Gasteiger partial charge is 0.0892 e. The highest BCUT2D eigenvalue weighted by Crippen LogP contribution is 2.24. The maximum absolute atomic E-state index is 4.53. The zero-order valence-electron chi connectivity index (χ0n) is 12.9. The van der Waals surface area contributed by atoms with Gasteiger partial charge in [-0.15, -0.1) is 0 Å². The molecule has 0 atom stereocenters. The molecular formula is C20H14N4. The van der Waals surface area contributed by atoms with Crippen molar-refractivity contribution in [2.24, 2.45) is 0 Å². The van der Waals surface area contributed by atoms with Crippen molar-refractivity contribution in [2.45, 2.75) is 0 Å². The predicted octanol–water partition coefficient (Wildman–Crippen LogP) is 4.27. The average molecular weight is 310 g/mol. The molecule has 0 amide bonds. The lowest BCUT2D eigenvalue weighted by Crippen LogP contribution is -1.90. The standard InChI is InChI=1S/C20H14N4/c1-3-10-21-17(5-1)19-8-7-16(14-24-19)15-9-12-23-20(13-15)18-6-2-4-11-22-18/h1-14H. The van der Waals surface area contributed by atoms with Crippen LogP contribution in [0.2, 0.25) is 0 Å². The molecule has 4 aromatic heterocycles. The molecule has 0 aliphatic rings. The van der Waals surface area contributed by atoms with Crippen LogP contribution in [0, 0.1) is 0 Å². The second-order valence-electron chi connectivity index (χ2n) is 5.29. The van der Waals surface area contributed by atoms with Crippen LogP contribution in [0.4, 0.5) is 0 Å². The highest BCUT2D eigenvalue weighted by Gasteiger charge is 2.05. The van der Waals surface area contributed by atoms with Gasteiger partial charge in [0, 0.05) is 30.4 Å². The minimum absolute atomic E-state index is 0.849. The lowest BCUT2D eigenvalue weighted by molar-refractivity contribution is 1.24. The second-order valence-corrected chi connectivity index (χ2v) is 5.29. The fourth-order valence-electron chi connectivity index (χ4n) is 2.49. The van der Waals surface area contributed by atoms with Crippen molar-refractivity contribution in [3.05, 3.63) is 85.5 Å². The molecule has 24 heavy (non-hydrogen) atoms. The van der Waals surface area contributed by atoms with Crippen LogP contribution >= 0.6 is 0 Å². The molecule has 0 bridgehead atoms. The fourth-order valence-corrected chi connectivity index (χ4v) is 2.49. The van der Waals surface area contributed by atoms with Crippen molar-refractivity contribution >= 4 is 0 Å². The highest BCUT2D eigenvalue weighted by molar-refractivity contribution is 5.69. The summed E-state index contributed by atoms with van der Waals surface area (Å²) in [7, 11) is 0. The normalized spacial score (nSPS) is 10.5. The zero-order valence-corrected chi connectivity index (χ0v) is 12.9. The van der Waals surface area contributed by atoms with Crippen molar-refractivity contribution in [3.63, 3.8) is 0 Å². The number of pyridine rings is 4. The SMILES string of the molecule is c1ccc(-c2ccc(-c3ccnc(-c4ccccn4)c3)cn2)nc1. The van der Waals surface area contributed by atoms with E-state index in [1.165, 1.54) is 0 Å². The molecule has 0 radical (unpaired) electrons. The van der Waals surface area contributed by atoms with Gasteiger partial charge in [-0.1, -0.05) is 18.2 Å². The van der Waals surface area contributed by atoms with Gasteiger partial charge in [0.25, 0.3) is 0 Å². The molecule has 114 valence electrons. The topological polar surface area (TPSA) is 51.6 Å². The molecule has 0 aliphatic carbocycles. The maximum atomic E-state index is 4.53. The van der Waals surface area contributed by atoms with Crippen molar-refractivity contribution in [3.8, 4) is 33.9 Å². The fraction of sp³-hybridized carbons (Fsp3) is 0. The van der Waals surface area contributed by atoms with Gasteiger partial charge < -0.3 is 0 Å². The van der Waals surface area contributed by atoms with Gasteiger partial charge in [0.2, 0.25) is 0 Å². The van der Waals surface area contributed by atoms with Gasteiger partial charge in [-0.25, -0.2) is 0 Å². The quantitative estimate of drug-likeness (QED) is 0.567. The van der Waals surface area contributed by atoms with Gasteiger partial charge >= 0.3 is 0 Å². The van der Waals surface area contributed by atoms with Crippen LogP contribution in [-0.2, 0) is 0 Å². The summed E-state index contributed by atoms with van der Waals surface area (Å²) in [5.74, 6) is 0. The van der Waals surface area contributed by atoms with Gasteiger partial charge in [0.15, 0.2) is 0 Å². The number of hydrogen-bond acceptors (Lipinski definition) is 4. The Morgan fingerprint density at radius 3 is 1.75 bits per heavy atom. The minimum atomic E-state index is 0.849. The Balaban J connectivity index is 1.67. The number of nitrogens with zero attached hydrogens (tertiary/aromatic N) is 4. The summed E-state index contributed by atoms with van der Waals surface area (Å²) < 4.78 is 0. The summed E-state index contributed by atoms with van der Waals surface area (Å²) in [5, 5.41) is 0. The second kappa shape index (κ2) is 6.38. The Morgan fingerprint density at radius 1 is 0.458 bits per heavy atom. The third kappa shape index (κ3) is 2.90. The van der Waals surface area contributed by atoms with Crippen molar-refractivity contribution in [1.29, 1.82) is 0 Å². The molecule has 0 fully saturated rings. The van der Waals surface area contributed by atoms with Gasteiger partial charge in [0.05, 0.1) is 22.8 Å². The highest BCUT2D eigenvalue weighted by atomic mass is 14.8. The third-order valence-electron chi connectivity index (χ3n) is 3.71. The Bertz CT molecular complexity index is 936. The Labute approximate surface area is 139 Å². The van der Waals surface area contributed by atoms with E-state index in [1.54, 1.807) is 18.6 Å². The first-order valence-corrected chi connectivity index (χ1v) is 7.65. The monoisotopic (exact) mass is 310 g/mol. The molecule has 4 nitrogen and oxygen atoms in total. The van der Waals surface area contributed by atoms with E-state index in [4.69, 9.17) is 0 Å². The minimum Gasteiger partial charge on any atom is -0.255 e. The number of aromatic nitrogens is 4. The van der Waals surface area contributed by atoms with E-state index in [1.807, 2.05) is 60.8 Å². The summed E-state index contributed by atoms with van der Waals surface area (Å²) in [6.45, 7) is 0. The van der Waals surface area contributed by atoms with Crippen molar-refractivity contribution in [1.82, 2.24) is 19.9 Å². The maximum Gasteiger partial charge on any atom is 0.0892 e. The molecular weight excluding hydrogens is 296 g/mol. The molecule has 4 aromatic rings. The lowest BCUT2D eigenvalue weighted by Gasteiger charge is -2.05. The Morgan fingerprint density at radius 2 is 1.12 bits per heavy atom. The molecule has 4 rings (SSSR count). The third-order valence-corrected chi connectivity index (χ3v) is 3.71. The van der Waals surface area contributed by atoms with E-state index in [-0.39, 0.29) is 0 Å². The van der Waals surface area contributed by atoms with E-state index in [0.717, 1.165) is 33.9 Å². The van der Waals surface area contributed by atoms with Gasteiger partial charge in [-0.2, -0.15) is 0 Å². The molecule has 0 aromatic carbocycles. The Hall–Kier alpha value is -3.40.